The van der Waals surface area contributed by atoms with Gasteiger partial charge in [-0.05, 0) is 43.9 Å². The van der Waals surface area contributed by atoms with E-state index in [4.69, 9.17) is 11.6 Å². The van der Waals surface area contributed by atoms with Crippen LogP contribution in [0.4, 0.5) is 4.39 Å². The van der Waals surface area contributed by atoms with Crippen molar-refractivity contribution in [2.24, 2.45) is 5.41 Å². The zero-order valence-corrected chi connectivity index (χ0v) is 11.7. The van der Waals surface area contributed by atoms with Crippen LogP contribution in [0.2, 0.25) is 5.02 Å². The van der Waals surface area contributed by atoms with Gasteiger partial charge in [0.2, 0.25) is 0 Å². The Balaban J connectivity index is 2.23. The summed E-state index contributed by atoms with van der Waals surface area (Å²) in [6.45, 7) is 0.942. The summed E-state index contributed by atoms with van der Waals surface area (Å²) in [5.74, 6) is -0.163. The van der Waals surface area contributed by atoms with Crippen LogP contribution >= 0.6 is 11.6 Å². The first-order valence-electron chi connectivity index (χ1n) is 6.74. The summed E-state index contributed by atoms with van der Waals surface area (Å²) in [5, 5.41) is 3.84. The molecule has 1 fully saturated rings. The molecule has 1 N–H and O–H groups in total. The van der Waals surface area contributed by atoms with Crippen molar-refractivity contribution in [1.82, 2.24) is 5.32 Å². The molecule has 0 unspecified atom stereocenters. The highest BCUT2D eigenvalue weighted by Crippen LogP contribution is 2.40. The first-order chi connectivity index (χ1) is 8.67. The lowest BCUT2D eigenvalue weighted by molar-refractivity contribution is 0.183. The predicted octanol–water partition coefficient (Wildman–Crippen LogP) is 4.19. The van der Waals surface area contributed by atoms with Crippen molar-refractivity contribution in [3.8, 4) is 0 Å². The van der Waals surface area contributed by atoms with Crippen molar-refractivity contribution in [2.75, 3.05) is 13.6 Å². The van der Waals surface area contributed by atoms with E-state index < -0.39 is 0 Å². The lowest BCUT2D eigenvalue weighted by atomic mass is 9.70. The van der Waals surface area contributed by atoms with Gasteiger partial charge in [-0.1, -0.05) is 36.9 Å². The summed E-state index contributed by atoms with van der Waals surface area (Å²) in [7, 11) is 1.97. The molecule has 0 amide bonds. The van der Waals surface area contributed by atoms with Gasteiger partial charge in [0, 0.05) is 17.1 Å². The molecule has 1 saturated carbocycles. The highest BCUT2D eigenvalue weighted by Gasteiger charge is 2.32. The van der Waals surface area contributed by atoms with Crippen LogP contribution in [-0.2, 0) is 6.42 Å². The zero-order valence-electron chi connectivity index (χ0n) is 10.9. The van der Waals surface area contributed by atoms with Crippen LogP contribution in [0, 0.1) is 11.2 Å². The fraction of sp³-hybridized carbons (Fsp3) is 0.600. The van der Waals surface area contributed by atoms with Crippen molar-refractivity contribution in [2.45, 2.75) is 38.5 Å². The number of benzene rings is 1. The Morgan fingerprint density at radius 2 is 2.00 bits per heavy atom. The van der Waals surface area contributed by atoms with Crippen molar-refractivity contribution in [1.29, 1.82) is 0 Å². The van der Waals surface area contributed by atoms with Crippen molar-refractivity contribution >= 4 is 11.6 Å². The number of hydrogen-bond donors (Lipinski definition) is 1. The maximum Gasteiger partial charge on any atom is 0.127 e. The molecule has 18 heavy (non-hydrogen) atoms. The van der Waals surface area contributed by atoms with Crippen molar-refractivity contribution < 1.29 is 4.39 Å². The van der Waals surface area contributed by atoms with Crippen LogP contribution in [0.1, 0.15) is 37.7 Å². The summed E-state index contributed by atoms with van der Waals surface area (Å²) in [6.07, 6.45) is 6.87. The average molecular weight is 270 g/mol. The van der Waals surface area contributed by atoms with E-state index in [2.05, 4.69) is 5.32 Å². The van der Waals surface area contributed by atoms with E-state index in [1.807, 2.05) is 7.05 Å². The molecule has 2 rings (SSSR count). The Morgan fingerprint density at radius 3 is 2.61 bits per heavy atom. The summed E-state index contributed by atoms with van der Waals surface area (Å²) in [6, 6.07) is 4.97. The Kier molecular flexibility index (Phi) is 4.63. The first-order valence-corrected chi connectivity index (χ1v) is 7.12. The van der Waals surface area contributed by atoms with Gasteiger partial charge < -0.3 is 5.32 Å². The minimum absolute atomic E-state index is 0.163. The van der Waals surface area contributed by atoms with Crippen LogP contribution in [0.25, 0.3) is 0 Å². The number of rotatable bonds is 4. The predicted molar refractivity (Wildman–Crippen MR) is 74.6 cm³/mol. The molecule has 0 heterocycles. The van der Waals surface area contributed by atoms with Crippen LogP contribution in [0.15, 0.2) is 18.2 Å². The molecule has 0 spiro atoms. The maximum atomic E-state index is 13.9. The molecule has 0 aromatic heterocycles. The average Bonchev–Trinajstić information content (AvgIpc) is 2.36. The second kappa shape index (κ2) is 6.03. The normalized spacial score (nSPS) is 18.8. The van der Waals surface area contributed by atoms with Crippen molar-refractivity contribution in [3.63, 3.8) is 0 Å². The van der Waals surface area contributed by atoms with Gasteiger partial charge in [-0.15, -0.1) is 0 Å². The SMILES string of the molecule is CNCC1(Cc2c(F)cccc2Cl)CCCCC1. The van der Waals surface area contributed by atoms with Gasteiger partial charge in [-0.3, -0.25) is 0 Å². The fourth-order valence-corrected chi connectivity index (χ4v) is 3.40. The fourth-order valence-electron chi connectivity index (χ4n) is 3.17. The molecule has 100 valence electrons. The summed E-state index contributed by atoms with van der Waals surface area (Å²) in [5.41, 5.74) is 0.870. The Labute approximate surface area is 114 Å². The highest BCUT2D eigenvalue weighted by atomic mass is 35.5. The monoisotopic (exact) mass is 269 g/mol. The standard InChI is InChI=1S/C15H21ClFN/c1-18-11-15(8-3-2-4-9-15)10-12-13(16)6-5-7-14(12)17/h5-7,18H,2-4,8-11H2,1H3. The third-order valence-electron chi connectivity index (χ3n) is 4.08. The molecule has 0 saturated heterocycles. The van der Waals surface area contributed by atoms with E-state index in [1.165, 1.54) is 38.2 Å². The molecule has 3 heteroatoms. The largest absolute Gasteiger partial charge is 0.319 e. The number of hydrogen-bond acceptors (Lipinski definition) is 1. The molecular weight excluding hydrogens is 249 g/mol. The van der Waals surface area contributed by atoms with Crippen molar-refractivity contribution in [3.05, 3.63) is 34.6 Å². The third-order valence-corrected chi connectivity index (χ3v) is 4.43. The lowest BCUT2D eigenvalue weighted by Crippen LogP contribution is -2.36. The van der Waals surface area contributed by atoms with E-state index >= 15 is 0 Å². The smallest absolute Gasteiger partial charge is 0.127 e. The Bertz CT molecular complexity index is 374. The van der Waals surface area contributed by atoms with Gasteiger partial charge in [0.15, 0.2) is 0 Å². The van der Waals surface area contributed by atoms with Gasteiger partial charge in [0.1, 0.15) is 5.82 Å². The van der Waals surface area contributed by atoms with Gasteiger partial charge in [-0.25, -0.2) is 4.39 Å². The first kappa shape index (κ1) is 13.8. The minimum atomic E-state index is -0.163. The van der Waals surface area contributed by atoms with Gasteiger partial charge in [-0.2, -0.15) is 0 Å². The van der Waals surface area contributed by atoms with E-state index in [0.717, 1.165) is 13.0 Å². The molecule has 1 aliphatic carbocycles. The van der Waals surface area contributed by atoms with E-state index in [9.17, 15) is 4.39 Å². The lowest BCUT2D eigenvalue weighted by Gasteiger charge is -2.37. The van der Waals surface area contributed by atoms with Gasteiger partial charge in [0.25, 0.3) is 0 Å². The quantitative estimate of drug-likeness (QED) is 0.864. The Hall–Kier alpha value is -0.600. The molecule has 0 aliphatic heterocycles. The molecule has 0 atom stereocenters. The molecule has 0 radical (unpaired) electrons. The molecular formula is C15H21ClFN. The summed E-state index contributed by atoms with van der Waals surface area (Å²) in [4.78, 5) is 0. The number of nitrogens with one attached hydrogen (secondary N) is 1. The second-order valence-electron chi connectivity index (χ2n) is 5.47. The maximum absolute atomic E-state index is 13.9. The van der Waals surface area contributed by atoms with Crippen LogP contribution < -0.4 is 5.32 Å². The molecule has 1 nitrogen and oxygen atoms in total. The van der Waals surface area contributed by atoms with Crippen LogP contribution in [0.3, 0.4) is 0 Å². The van der Waals surface area contributed by atoms with Gasteiger partial charge >= 0.3 is 0 Å². The third kappa shape index (κ3) is 3.04. The summed E-state index contributed by atoms with van der Waals surface area (Å²) >= 11 is 6.15. The topological polar surface area (TPSA) is 12.0 Å². The molecule has 1 aromatic carbocycles. The molecule has 1 aliphatic rings. The van der Waals surface area contributed by atoms with Gasteiger partial charge in [0.05, 0.1) is 0 Å². The van der Waals surface area contributed by atoms with Crippen LogP contribution in [-0.4, -0.2) is 13.6 Å². The summed E-state index contributed by atoms with van der Waals surface area (Å²) < 4.78 is 13.9. The van der Waals surface area contributed by atoms with E-state index in [1.54, 1.807) is 12.1 Å². The highest BCUT2D eigenvalue weighted by molar-refractivity contribution is 6.31. The molecule has 1 aromatic rings. The zero-order chi connectivity index (χ0) is 13.0. The number of halogens is 2. The van der Waals surface area contributed by atoms with E-state index in [-0.39, 0.29) is 11.2 Å². The Morgan fingerprint density at radius 1 is 1.28 bits per heavy atom. The minimum Gasteiger partial charge on any atom is -0.319 e. The van der Waals surface area contributed by atoms with Crippen LogP contribution in [0.5, 0.6) is 0 Å². The van der Waals surface area contributed by atoms with E-state index in [0.29, 0.717) is 10.6 Å². The second-order valence-corrected chi connectivity index (χ2v) is 5.88. The molecule has 0 bridgehead atoms.